The van der Waals surface area contributed by atoms with E-state index in [1.807, 2.05) is 19.1 Å². The van der Waals surface area contributed by atoms with Gasteiger partial charge in [-0.3, -0.25) is 28.9 Å². The van der Waals surface area contributed by atoms with Crippen molar-refractivity contribution in [3.8, 4) is 17.2 Å². The Balaban J connectivity index is 1.17. The Bertz CT molecular complexity index is 1790. The van der Waals surface area contributed by atoms with Crippen molar-refractivity contribution in [3.63, 3.8) is 0 Å². The van der Waals surface area contributed by atoms with Crippen molar-refractivity contribution >= 4 is 52.5 Å². The quantitative estimate of drug-likeness (QED) is 0.185. The molecule has 3 amide bonds. The maximum Gasteiger partial charge on any atom is 0.305 e. The number of carbonyl (C=O) groups excluding carboxylic acids is 3. The van der Waals surface area contributed by atoms with Gasteiger partial charge in [-0.2, -0.15) is 0 Å². The summed E-state index contributed by atoms with van der Waals surface area (Å²) in [4.78, 5) is 68.2. The van der Waals surface area contributed by atoms with Crippen molar-refractivity contribution in [2.45, 2.75) is 36.0 Å². The molecular formula is C32H31N3O9S2. The van der Waals surface area contributed by atoms with Crippen molar-refractivity contribution in [2.75, 3.05) is 25.1 Å². The molecule has 3 heterocycles. The Morgan fingerprint density at radius 1 is 1.02 bits per heavy atom. The molecule has 0 spiro atoms. The molecule has 12 nitrogen and oxygen atoms in total. The number of nitrogens with one attached hydrogen (secondary N) is 2. The molecule has 4 N–H and O–H groups in total. The predicted octanol–water partition coefficient (Wildman–Crippen LogP) is 3.51. The normalized spacial score (nSPS) is 27.2. The molecule has 14 heteroatoms. The molecule has 0 radical (unpaired) electrons. The number of aliphatic carboxylic acids is 1. The van der Waals surface area contributed by atoms with E-state index in [1.54, 1.807) is 30.0 Å². The number of imide groups is 1. The number of anilines is 1. The largest absolute Gasteiger partial charge is 0.508 e. The molecule has 2 aliphatic carbocycles. The van der Waals surface area contributed by atoms with Gasteiger partial charge in [0.1, 0.15) is 5.75 Å². The third-order valence-corrected chi connectivity index (χ3v) is 12.1. The molecule has 1 aromatic heterocycles. The van der Waals surface area contributed by atoms with Crippen LogP contribution in [0.25, 0.3) is 0 Å². The van der Waals surface area contributed by atoms with E-state index in [9.17, 15) is 34.2 Å². The average molecular weight is 666 g/mol. The highest BCUT2D eigenvalue weighted by Crippen LogP contribution is 2.68. The van der Waals surface area contributed by atoms with E-state index in [-0.39, 0.29) is 70.9 Å². The van der Waals surface area contributed by atoms with E-state index >= 15 is 0 Å². The molecule has 2 bridgehead atoms. The Morgan fingerprint density at radius 3 is 2.48 bits per heavy atom. The Morgan fingerprint density at radius 2 is 1.76 bits per heavy atom. The maximum atomic E-state index is 13.6. The minimum atomic E-state index is -1.06. The van der Waals surface area contributed by atoms with E-state index in [0.717, 1.165) is 31.7 Å². The van der Waals surface area contributed by atoms with Crippen molar-refractivity contribution in [1.29, 1.82) is 0 Å². The minimum absolute atomic E-state index is 0.0137. The van der Waals surface area contributed by atoms with E-state index in [4.69, 9.17) is 9.47 Å². The molecule has 4 aliphatic rings. The van der Waals surface area contributed by atoms with E-state index < -0.39 is 23.7 Å². The fourth-order valence-corrected chi connectivity index (χ4v) is 10.8. The SMILES string of the molecule is CCOc1cc([C@H]2c3sc(=O)[nH]c3SC3C4CC(C5C(=O)N(CCC(=O)O)C(=O)C45)C32)ccc1OCC(=O)Nc1ccc(O)cc1. The van der Waals surface area contributed by atoms with Crippen LogP contribution in [0.1, 0.15) is 36.1 Å². The lowest BCUT2D eigenvalue weighted by atomic mass is 9.68. The summed E-state index contributed by atoms with van der Waals surface area (Å²) in [5.41, 5.74) is 1.39. The van der Waals surface area contributed by atoms with Gasteiger partial charge in [0, 0.05) is 28.3 Å². The molecule has 2 aromatic carbocycles. The molecule has 7 rings (SSSR count). The number of thioether (sulfide) groups is 1. The van der Waals surface area contributed by atoms with E-state index in [1.165, 1.54) is 12.1 Å². The summed E-state index contributed by atoms with van der Waals surface area (Å²) < 4.78 is 11.8. The number of ether oxygens (including phenoxy) is 2. The Hall–Kier alpha value is -4.30. The van der Waals surface area contributed by atoms with Crippen LogP contribution >= 0.6 is 23.1 Å². The van der Waals surface area contributed by atoms with E-state index in [2.05, 4.69) is 10.3 Å². The summed E-state index contributed by atoms with van der Waals surface area (Å²) in [7, 11) is 0. The highest BCUT2D eigenvalue weighted by molar-refractivity contribution is 8.00. The minimum Gasteiger partial charge on any atom is -0.508 e. The van der Waals surface area contributed by atoms with Crippen LogP contribution in [0.15, 0.2) is 52.3 Å². The number of benzene rings is 2. The summed E-state index contributed by atoms with van der Waals surface area (Å²) in [6.07, 6.45) is 0.426. The average Bonchev–Trinajstić information content (AvgIpc) is 3.75. The Labute approximate surface area is 271 Å². The molecule has 3 fully saturated rings. The summed E-state index contributed by atoms with van der Waals surface area (Å²) in [5.74, 6) is -2.58. The number of amides is 3. The highest BCUT2D eigenvalue weighted by atomic mass is 32.2. The number of carboxylic acids is 1. The summed E-state index contributed by atoms with van der Waals surface area (Å²) in [6, 6.07) is 11.6. The van der Waals surface area contributed by atoms with Gasteiger partial charge in [-0.05, 0) is 73.1 Å². The fourth-order valence-electron chi connectivity index (χ4n) is 7.87. The monoisotopic (exact) mass is 665 g/mol. The van der Waals surface area contributed by atoms with Gasteiger partial charge in [0.05, 0.1) is 29.9 Å². The molecule has 7 atom stereocenters. The van der Waals surface area contributed by atoms with Crippen LogP contribution in [0, 0.1) is 29.6 Å². The summed E-state index contributed by atoms with van der Waals surface area (Å²) in [5, 5.41) is 22.1. The van der Waals surface area contributed by atoms with Crippen LogP contribution in [-0.2, 0) is 19.2 Å². The number of hydrogen-bond donors (Lipinski definition) is 4. The topological polar surface area (TPSA) is 175 Å². The van der Waals surface area contributed by atoms with Gasteiger partial charge in [-0.15, -0.1) is 11.8 Å². The van der Waals surface area contributed by atoms with Crippen molar-refractivity contribution in [1.82, 2.24) is 9.88 Å². The number of aromatic nitrogens is 1. The number of carboxylic acid groups (broad SMARTS) is 1. The number of nitrogens with zero attached hydrogens (tertiary/aromatic N) is 1. The number of fused-ring (bicyclic) bond motifs is 9. The molecule has 46 heavy (non-hydrogen) atoms. The third-order valence-electron chi connectivity index (χ3n) is 9.50. The van der Waals surface area contributed by atoms with Gasteiger partial charge in [-0.1, -0.05) is 17.4 Å². The number of hydrogen-bond acceptors (Lipinski definition) is 10. The van der Waals surface area contributed by atoms with Crippen molar-refractivity contribution in [2.24, 2.45) is 29.6 Å². The van der Waals surface area contributed by atoms with Crippen LogP contribution in [0.5, 0.6) is 17.2 Å². The number of rotatable bonds is 10. The first-order chi connectivity index (χ1) is 22.1. The number of phenols is 1. The maximum absolute atomic E-state index is 13.6. The molecule has 240 valence electrons. The van der Waals surface area contributed by atoms with E-state index in [0.29, 0.717) is 30.2 Å². The van der Waals surface area contributed by atoms with Crippen LogP contribution in [-0.4, -0.2) is 68.8 Å². The lowest BCUT2D eigenvalue weighted by molar-refractivity contribution is -0.142. The zero-order valence-electron chi connectivity index (χ0n) is 24.6. The second kappa shape index (κ2) is 11.8. The lowest BCUT2D eigenvalue weighted by Crippen LogP contribution is -2.42. The van der Waals surface area contributed by atoms with Crippen LogP contribution in [0.2, 0.25) is 0 Å². The molecule has 1 saturated heterocycles. The van der Waals surface area contributed by atoms with Gasteiger partial charge in [0.2, 0.25) is 11.8 Å². The van der Waals surface area contributed by atoms with Gasteiger partial charge < -0.3 is 30.0 Å². The first kappa shape index (κ1) is 30.4. The van der Waals surface area contributed by atoms with Gasteiger partial charge in [-0.25, -0.2) is 0 Å². The van der Waals surface area contributed by atoms with Crippen molar-refractivity contribution < 1.29 is 38.9 Å². The number of aromatic amines is 1. The standard InChI is InChI=1S/C32H31N3O9S2/c1-2-43-20-11-14(3-8-19(20)44-13-21(37)33-15-4-6-16(36)7-5-15)23-24-17-12-18(27(24)45-29-28(23)46-32(42)34-29)26-25(17)30(40)35(31(26)41)10-9-22(38)39/h3-8,11,17-18,23-27,36H,2,9-10,12-13H2,1H3,(H,33,37)(H,34,42)(H,38,39)/t17?,18?,23-,24?,25?,26?,27?/m1/s1. The van der Waals surface area contributed by atoms with Crippen LogP contribution in [0.3, 0.4) is 0 Å². The summed E-state index contributed by atoms with van der Waals surface area (Å²) in [6.45, 7) is 1.77. The molecule has 3 aromatic rings. The molecule has 2 aliphatic heterocycles. The van der Waals surface area contributed by atoms with Gasteiger partial charge in [0.25, 0.3) is 5.91 Å². The molecule has 2 saturated carbocycles. The lowest BCUT2D eigenvalue weighted by Gasteiger charge is -2.43. The van der Waals surface area contributed by atoms with Crippen LogP contribution < -0.4 is 19.7 Å². The number of phenolic OH excluding ortho intramolecular Hbond substituents is 1. The van der Waals surface area contributed by atoms with Gasteiger partial charge in [0.15, 0.2) is 18.1 Å². The second-order valence-corrected chi connectivity index (χ2v) is 14.2. The molecular weight excluding hydrogens is 634 g/mol. The third kappa shape index (κ3) is 5.13. The Kier molecular flexibility index (Phi) is 7.79. The zero-order valence-corrected chi connectivity index (χ0v) is 26.3. The first-order valence-electron chi connectivity index (χ1n) is 15.1. The number of carbonyl (C=O) groups is 4. The van der Waals surface area contributed by atoms with Crippen molar-refractivity contribution in [3.05, 3.63) is 62.6 Å². The highest BCUT2D eigenvalue weighted by Gasteiger charge is 2.69. The number of thiazole rings is 1. The number of aromatic hydroxyl groups is 1. The van der Waals surface area contributed by atoms with Gasteiger partial charge >= 0.3 is 10.8 Å². The number of likely N-dealkylation sites (tertiary alicyclic amines) is 1. The first-order valence-corrected chi connectivity index (χ1v) is 16.8. The fraction of sp³-hybridized carbons (Fsp3) is 0.406. The smallest absolute Gasteiger partial charge is 0.305 e. The summed E-state index contributed by atoms with van der Waals surface area (Å²) >= 11 is 2.72. The zero-order chi connectivity index (χ0) is 32.3. The molecule has 6 unspecified atom stereocenters. The number of H-pyrrole nitrogens is 1. The van der Waals surface area contributed by atoms with Crippen LogP contribution in [0.4, 0.5) is 5.69 Å². The predicted molar refractivity (Wildman–Crippen MR) is 167 cm³/mol. The second-order valence-electron chi connectivity index (χ2n) is 12.0.